The van der Waals surface area contributed by atoms with Crippen LogP contribution in [0, 0.1) is 11.3 Å². The zero-order valence-electron chi connectivity index (χ0n) is 11.3. The fourth-order valence-corrected chi connectivity index (χ4v) is 3.54. The maximum atomic E-state index is 12.3. The minimum absolute atomic E-state index is 0.0424. The fraction of sp³-hybridized carbons (Fsp3) is 0.562. The van der Waals surface area contributed by atoms with Crippen LogP contribution in [-0.2, 0) is 14.3 Å². The van der Waals surface area contributed by atoms with Crippen LogP contribution in [0.1, 0.15) is 30.7 Å². The molecule has 102 valence electrons. The number of benzene rings is 1. The van der Waals surface area contributed by atoms with Gasteiger partial charge in [0, 0.05) is 13.2 Å². The Bertz CT molecular complexity index is 448. The van der Waals surface area contributed by atoms with Gasteiger partial charge in [-0.1, -0.05) is 30.3 Å². The number of carbonyl (C=O) groups excluding carboxylic acids is 1. The highest BCUT2D eigenvalue weighted by Crippen LogP contribution is 2.60. The van der Waals surface area contributed by atoms with Crippen LogP contribution in [0.15, 0.2) is 30.3 Å². The molecule has 2 atom stereocenters. The van der Waals surface area contributed by atoms with E-state index in [0.717, 1.165) is 19.3 Å². The van der Waals surface area contributed by atoms with Crippen LogP contribution in [0.2, 0.25) is 0 Å². The maximum Gasteiger partial charge on any atom is 0.312 e. The summed E-state index contributed by atoms with van der Waals surface area (Å²) in [5.41, 5.74) is 1.04. The zero-order chi connectivity index (χ0) is 13.3. The van der Waals surface area contributed by atoms with Crippen molar-refractivity contribution in [3.05, 3.63) is 35.9 Å². The first-order valence-corrected chi connectivity index (χ1v) is 6.99. The molecular weight excluding hydrogens is 240 g/mol. The van der Waals surface area contributed by atoms with Crippen LogP contribution in [0.25, 0.3) is 0 Å². The molecule has 0 amide bonds. The largest absolute Gasteiger partial charge is 0.469 e. The molecule has 1 aromatic carbocycles. The summed E-state index contributed by atoms with van der Waals surface area (Å²) in [5, 5.41) is 0. The highest BCUT2D eigenvalue weighted by molar-refractivity contribution is 5.78. The molecule has 0 spiro atoms. The highest BCUT2D eigenvalue weighted by atomic mass is 16.5. The van der Waals surface area contributed by atoms with E-state index in [4.69, 9.17) is 9.47 Å². The van der Waals surface area contributed by atoms with E-state index in [1.54, 1.807) is 0 Å². The van der Waals surface area contributed by atoms with Crippen molar-refractivity contribution in [1.82, 2.24) is 0 Å². The quantitative estimate of drug-likeness (QED) is 0.784. The van der Waals surface area contributed by atoms with Crippen molar-refractivity contribution in [3.63, 3.8) is 0 Å². The van der Waals surface area contributed by atoms with E-state index in [0.29, 0.717) is 25.0 Å². The second kappa shape index (κ2) is 4.97. The third-order valence-corrected chi connectivity index (χ3v) is 4.70. The number of hydrogen-bond donors (Lipinski definition) is 0. The van der Waals surface area contributed by atoms with Crippen LogP contribution in [0.4, 0.5) is 0 Å². The van der Waals surface area contributed by atoms with Gasteiger partial charge >= 0.3 is 5.97 Å². The number of hydrogen-bond acceptors (Lipinski definition) is 3. The average Bonchev–Trinajstić information content (AvgIpc) is 3.29. The molecular formula is C16H20O3. The van der Waals surface area contributed by atoms with E-state index in [-0.39, 0.29) is 11.4 Å². The molecule has 3 nitrogen and oxygen atoms in total. The minimum Gasteiger partial charge on any atom is -0.469 e. The average molecular weight is 260 g/mol. The Balaban J connectivity index is 1.81. The first-order valence-electron chi connectivity index (χ1n) is 6.99. The number of carbonyl (C=O) groups is 1. The molecule has 1 heterocycles. The van der Waals surface area contributed by atoms with Gasteiger partial charge in [-0.2, -0.15) is 0 Å². The molecule has 0 bridgehead atoms. The van der Waals surface area contributed by atoms with Gasteiger partial charge in [-0.05, 0) is 36.7 Å². The van der Waals surface area contributed by atoms with Crippen molar-refractivity contribution < 1.29 is 14.3 Å². The molecule has 1 aromatic rings. The number of esters is 1. The second-order valence-corrected chi connectivity index (χ2v) is 5.62. The Morgan fingerprint density at radius 1 is 1.26 bits per heavy atom. The van der Waals surface area contributed by atoms with Crippen molar-refractivity contribution >= 4 is 5.97 Å². The molecule has 0 N–H and O–H groups in total. The van der Waals surface area contributed by atoms with Crippen LogP contribution < -0.4 is 0 Å². The van der Waals surface area contributed by atoms with Crippen LogP contribution in [-0.4, -0.2) is 26.3 Å². The van der Waals surface area contributed by atoms with Gasteiger partial charge in [-0.25, -0.2) is 0 Å². The van der Waals surface area contributed by atoms with Crippen LogP contribution in [0.3, 0.4) is 0 Å². The summed E-state index contributed by atoms with van der Waals surface area (Å²) >= 11 is 0. The molecule has 1 aliphatic heterocycles. The van der Waals surface area contributed by atoms with Crippen molar-refractivity contribution in [2.75, 3.05) is 20.3 Å². The molecule has 1 saturated carbocycles. The Labute approximate surface area is 113 Å². The van der Waals surface area contributed by atoms with E-state index in [1.165, 1.54) is 12.7 Å². The van der Waals surface area contributed by atoms with Crippen molar-refractivity contribution in [2.24, 2.45) is 11.3 Å². The molecule has 3 heteroatoms. The molecule has 2 fully saturated rings. The first-order chi connectivity index (χ1) is 9.28. The van der Waals surface area contributed by atoms with Crippen molar-refractivity contribution in [3.8, 4) is 0 Å². The Morgan fingerprint density at radius 2 is 1.95 bits per heavy atom. The lowest BCUT2D eigenvalue weighted by molar-refractivity contribution is -0.161. The normalized spacial score (nSPS) is 28.7. The van der Waals surface area contributed by atoms with Gasteiger partial charge in [0.05, 0.1) is 12.5 Å². The van der Waals surface area contributed by atoms with Gasteiger partial charge < -0.3 is 9.47 Å². The Morgan fingerprint density at radius 3 is 2.58 bits per heavy atom. The molecule has 1 aliphatic carbocycles. The molecule has 19 heavy (non-hydrogen) atoms. The Kier molecular flexibility index (Phi) is 3.31. The van der Waals surface area contributed by atoms with Gasteiger partial charge in [-0.15, -0.1) is 0 Å². The van der Waals surface area contributed by atoms with Crippen molar-refractivity contribution in [1.29, 1.82) is 0 Å². The minimum atomic E-state index is -0.312. The SMILES string of the molecule is COC(=O)C1(C2CC2c2ccccc2)CCOCC1. The third-order valence-electron chi connectivity index (χ3n) is 4.70. The second-order valence-electron chi connectivity index (χ2n) is 5.62. The predicted molar refractivity (Wildman–Crippen MR) is 71.8 cm³/mol. The lowest BCUT2D eigenvalue weighted by Crippen LogP contribution is -2.40. The number of rotatable bonds is 3. The monoisotopic (exact) mass is 260 g/mol. The van der Waals surface area contributed by atoms with E-state index >= 15 is 0 Å². The third kappa shape index (κ3) is 2.16. The Hall–Kier alpha value is -1.35. The van der Waals surface area contributed by atoms with Crippen LogP contribution >= 0.6 is 0 Å². The molecule has 3 rings (SSSR count). The lowest BCUT2D eigenvalue weighted by Gasteiger charge is -2.35. The van der Waals surface area contributed by atoms with Crippen molar-refractivity contribution in [2.45, 2.75) is 25.2 Å². The molecule has 0 aromatic heterocycles. The standard InChI is InChI=1S/C16H20O3/c1-18-15(17)16(7-9-19-10-8-16)14-11-13(14)12-5-3-2-4-6-12/h2-6,13-14H,7-11H2,1H3. The predicted octanol–water partition coefficient (Wildman–Crippen LogP) is 2.76. The summed E-state index contributed by atoms with van der Waals surface area (Å²) in [6.45, 7) is 1.35. The highest BCUT2D eigenvalue weighted by Gasteiger charge is 2.58. The molecule has 2 unspecified atom stereocenters. The summed E-state index contributed by atoms with van der Waals surface area (Å²) in [7, 11) is 1.50. The maximum absolute atomic E-state index is 12.3. The van der Waals surface area contributed by atoms with Gasteiger partial charge in [-0.3, -0.25) is 4.79 Å². The summed E-state index contributed by atoms with van der Waals surface area (Å²) < 4.78 is 10.5. The zero-order valence-corrected chi connectivity index (χ0v) is 11.3. The van der Waals surface area contributed by atoms with E-state index in [1.807, 2.05) is 6.07 Å². The summed E-state index contributed by atoms with van der Waals surface area (Å²) in [6.07, 6.45) is 2.69. The number of ether oxygens (including phenoxy) is 2. The summed E-state index contributed by atoms with van der Waals surface area (Å²) in [5.74, 6) is 0.892. The summed E-state index contributed by atoms with van der Waals surface area (Å²) in [6, 6.07) is 10.5. The van der Waals surface area contributed by atoms with E-state index < -0.39 is 0 Å². The van der Waals surface area contributed by atoms with E-state index in [9.17, 15) is 4.79 Å². The van der Waals surface area contributed by atoms with Gasteiger partial charge in [0.25, 0.3) is 0 Å². The molecule has 1 saturated heterocycles. The summed E-state index contributed by atoms with van der Waals surface area (Å²) in [4.78, 5) is 12.3. The van der Waals surface area contributed by atoms with Gasteiger partial charge in [0.15, 0.2) is 0 Å². The fourth-order valence-electron chi connectivity index (χ4n) is 3.54. The molecule has 0 radical (unpaired) electrons. The lowest BCUT2D eigenvalue weighted by atomic mass is 9.74. The van der Waals surface area contributed by atoms with Crippen LogP contribution in [0.5, 0.6) is 0 Å². The van der Waals surface area contributed by atoms with E-state index in [2.05, 4.69) is 24.3 Å². The topological polar surface area (TPSA) is 35.5 Å². The molecule has 2 aliphatic rings. The number of methoxy groups -OCH3 is 1. The first kappa shape index (κ1) is 12.7. The van der Waals surface area contributed by atoms with Gasteiger partial charge in [0.2, 0.25) is 0 Å². The van der Waals surface area contributed by atoms with Gasteiger partial charge in [0.1, 0.15) is 0 Å². The smallest absolute Gasteiger partial charge is 0.312 e.